The Kier molecular flexibility index (Phi) is 7.70. The van der Waals surface area contributed by atoms with E-state index in [-0.39, 0.29) is 24.9 Å². The van der Waals surface area contributed by atoms with E-state index >= 15 is 0 Å². The summed E-state index contributed by atoms with van der Waals surface area (Å²) in [7, 11) is 1.57. The van der Waals surface area contributed by atoms with Gasteiger partial charge in [0.05, 0.1) is 19.6 Å². The number of carboxylic acid groups (broad SMARTS) is 1. The summed E-state index contributed by atoms with van der Waals surface area (Å²) in [5.41, 5.74) is 0. The SMILES string of the molecule is CCN(CC(=O)NCc1cccs1)C(=O)CN(C)C(C)C(=O)O. The first kappa shape index (κ1) is 19.1. The molecule has 0 aromatic carbocycles. The maximum absolute atomic E-state index is 12.2. The smallest absolute Gasteiger partial charge is 0.320 e. The van der Waals surface area contributed by atoms with Gasteiger partial charge in [0, 0.05) is 11.4 Å². The van der Waals surface area contributed by atoms with Crippen molar-refractivity contribution in [1.29, 1.82) is 0 Å². The zero-order chi connectivity index (χ0) is 17.4. The van der Waals surface area contributed by atoms with Crippen molar-refractivity contribution in [2.24, 2.45) is 0 Å². The summed E-state index contributed by atoms with van der Waals surface area (Å²) in [5.74, 6) is -1.49. The van der Waals surface area contributed by atoms with Crippen molar-refractivity contribution < 1.29 is 19.5 Å². The third-order valence-electron chi connectivity index (χ3n) is 3.51. The van der Waals surface area contributed by atoms with Crippen molar-refractivity contribution in [3.63, 3.8) is 0 Å². The Morgan fingerprint density at radius 3 is 2.57 bits per heavy atom. The lowest BCUT2D eigenvalue weighted by Gasteiger charge is -2.25. The first-order valence-corrected chi connectivity index (χ1v) is 8.23. The number of carboxylic acids is 1. The molecule has 0 saturated carbocycles. The van der Waals surface area contributed by atoms with Gasteiger partial charge in [-0.25, -0.2) is 0 Å². The minimum Gasteiger partial charge on any atom is -0.480 e. The second kappa shape index (κ2) is 9.26. The summed E-state index contributed by atoms with van der Waals surface area (Å²) in [6.45, 7) is 4.05. The maximum Gasteiger partial charge on any atom is 0.320 e. The van der Waals surface area contributed by atoms with Gasteiger partial charge in [0.25, 0.3) is 0 Å². The first-order valence-electron chi connectivity index (χ1n) is 7.35. The number of carbonyl (C=O) groups excluding carboxylic acids is 2. The van der Waals surface area contributed by atoms with Gasteiger partial charge >= 0.3 is 5.97 Å². The predicted molar refractivity (Wildman–Crippen MR) is 88.1 cm³/mol. The number of amides is 2. The normalized spacial score (nSPS) is 12.0. The molecule has 1 aromatic heterocycles. The lowest BCUT2D eigenvalue weighted by Crippen LogP contribution is -2.47. The second-order valence-corrected chi connectivity index (χ2v) is 6.23. The summed E-state index contributed by atoms with van der Waals surface area (Å²) < 4.78 is 0. The molecule has 1 unspecified atom stereocenters. The molecule has 0 spiro atoms. The first-order chi connectivity index (χ1) is 10.8. The molecule has 1 heterocycles. The molecule has 2 N–H and O–H groups in total. The molecule has 0 saturated heterocycles. The average Bonchev–Trinajstić information content (AvgIpc) is 3.02. The lowest BCUT2D eigenvalue weighted by molar-refractivity contribution is -0.144. The molecule has 1 rings (SSSR count). The fourth-order valence-electron chi connectivity index (χ4n) is 1.84. The summed E-state index contributed by atoms with van der Waals surface area (Å²) in [6, 6.07) is 3.08. The number of nitrogens with zero attached hydrogens (tertiary/aromatic N) is 2. The van der Waals surface area contributed by atoms with Gasteiger partial charge in [-0.3, -0.25) is 19.3 Å². The van der Waals surface area contributed by atoms with Crippen LogP contribution in [0, 0.1) is 0 Å². The van der Waals surface area contributed by atoms with Gasteiger partial charge in [0.2, 0.25) is 11.8 Å². The van der Waals surface area contributed by atoms with Crippen LogP contribution in [-0.2, 0) is 20.9 Å². The van der Waals surface area contributed by atoms with Crippen molar-refractivity contribution in [2.75, 3.05) is 26.7 Å². The zero-order valence-corrected chi connectivity index (χ0v) is 14.4. The topological polar surface area (TPSA) is 90.0 Å². The van der Waals surface area contributed by atoms with Crippen LogP contribution >= 0.6 is 11.3 Å². The maximum atomic E-state index is 12.2. The van der Waals surface area contributed by atoms with E-state index in [2.05, 4.69) is 5.32 Å². The summed E-state index contributed by atoms with van der Waals surface area (Å²) in [6.07, 6.45) is 0. The molecule has 8 heteroatoms. The predicted octanol–water partition coefficient (Wildman–Crippen LogP) is 0.618. The Hall–Kier alpha value is -1.93. The monoisotopic (exact) mass is 341 g/mol. The minimum absolute atomic E-state index is 0.0317. The molecule has 7 nitrogen and oxygen atoms in total. The Balaban J connectivity index is 2.46. The van der Waals surface area contributed by atoms with Crippen LogP contribution in [0.5, 0.6) is 0 Å². The highest BCUT2D eigenvalue weighted by Crippen LogP contribution is 2.07. The van der Waals surface area contributed by atoms with Gasteiger partial charge in [-0.05, 0) is 32.3 Å². The fraction of sp³-hybridized carbons (Fsp3) is 0.533. The molecule has 0 fully saturated rings. The van der Waals surface area contributed by atoms with E-state index in [4.69, 9.17) is 5.11 Å². The van der Waals surface area contributed by atoms with E-state index in [0.29, 0.717) is 13.1 Å². The number of thiophene rings is 1. The Labute approximate surface area is 139 Å². The molecule has 0 radical (unpaired) electrons. The van der Waals surface area contributed by atoms with Crippen LogP contribution in [0.25, 0.3) is 0 Å². The largest absolute Gasteiger partial charge is 0.480 e. The molecule has 0 aliphatic carbocycles. The highest BCUT2D eigenvalue weighted by atomic mass is 32.1. The highest BCUT2D eigenvalue weighted by Gasteiger charge is 2.22. The van der Waals surface area contributed by atoms with Gasteiger partial charge in [-0.1, -0.05) is 6.07 Å². The van der Waals surface area contributed by atoms with Gasteiger partial charge in [0.15, 0.2) is 0 Å². The number of aliphatic carboxylic acids is 1. The van der Waals surface area contributed by atoms with Gasteiger partial charge in [0.1, 0.15) is 6.04 Å². The molecule has 128 valence electrons. The third-order valence-corrected chi connectivity index (χ3v) is 4.39. The molecular weight excluding hydrogens is 318 g/mol. The van der Waals surface area contributed by atoms with Gasteiger partial charge in [-0.2, -0.15) is 0 Å². The van der Waals surface area contributed by atoms with Crippen molar-refractivity contribution in [2.45, 2.75) is 26.4 Å². The molecule has 0 bridgehead atoms. The van der Waals surface area contributed by atoms with E-state index < -0.39 is 12.0 Å². The second-order valence-electron chi connectivity index (χ2n) is 5.19. The van der Waals surface area contributed by atoms with Crippen LogP contribution in [0.15, 0.2) is 17.5 Å². The Morgan fingerprint density at radius 1 is 1.35 bits per heavy atom. The number of rotatable bonds is 9. The van der Waals surface area contributed by atoms with Crippen LogP contribution in [0.4, 0.5) is 0 Å². The van der Waals surface area contributed by atoms with Crippen LogP contribution in [0.2, 0.25) is 0 Å². The molecular formula is C15H23N3O4S. The number of nitrogens with one attached hydrogen (secondary N) is 1. The Morgan fingerprint density at radius 2 is 2.04 bits per heavy atom. The van der Waals surface area contributed by atoms with Crippen LogP contribution < -0.4 is 5.32 Å². The van der Waals surface area contributed by atoms with Crippen molar-refractivity contribution in [3.8, 4) is 0 Å². The quantitative estimate of drug-likeness (QED) is 0.687. The van der Waals surface area contributed by atoms with E-state index in [1.165, 1.54) is 16.7 Å². The Bertz CT molecular complexity index is 533. The zero-order valence-electron chi connectivity index (χ0n) is 13.6. The average molecular weight is 341 g/mol. The van der Waals surface area contributed by atoms with E-state index in [1.54, 1.807) is 25.3 Å². The molecule has 1 atom stereocenters. The van der Waals surface area contributed by atoms with Crippen molar-refractivity contribution in [1.82, 2.24) is 15.1 Å². The summed E-state index contributed by atoms with van der Waals surface area (Å²) >= 11 is 1.55. The number of carbonyl (C=O) groups is 3. The third kappa shape index (κ3) is 6.37. The molecule has 0 aliphatic heterocycles. The molecule has 23 heavy (non-hydrogen) atoms. The molecule has 1 aromatic rings. The number of likely N-dealkylation sites (N-methyl/N-ethyl adjacent to an activating group) is 2. The van der Waals surface area contributed by atoms with Crippen molar-refractivity contribution in [3.05, 3.63) is 22.4 Å². The van der Waals surface area contributed by atoms with E-state index in [1.807, 2.05) is 17.5 Å². The van der Waals surface area contributed by atoms with Crippen LogP contribution in [-0.4, -0.2) is 65.4 Å². The van der Waals surface area contributed by atoms with E-state index in [0.717, 1.165) is 4.88 Å². The number of hydrogen-bond acceptors (Lipinski definition) is 5. The fourth-order valence-corrected chi connectivity index (χ4v) is 2.49. The minimum atomic E-state index is -0.989. The lowest BCUT2D eigenvalue weighted by atomic mass is 10.3. The van der Waals surface area contributed by atoms with Gasteiger partial charge in [-0.15, -0.1) is 11.3 Å². The van der Waals surface area contributed by atoms with Gasteiger partial charge < -0.3 is 15.3 Å². The van der Waals surface area contributed by atoms with Crippen LogP contribution in [0.1, 0.15) is 18.7 Å². The van der Waals surface area contributed by atoms with Crippen molar-refractivity contribution >= 4 is 29.1 Å². The standard InChI is InChI=1S/C15H23N3O4S/c1-4-18(14(20)10-17(3)11(2)15(21)22)9-13(19)16-8-12-6-5-7-23-12/h5-7,11H,4,8-10H2,1-3H3,(H,16,19)(H,21,22). The van der Waals surface area contributed by atoms with E-state index in [9.17, 15) is 14.4 Å². The summed E-state index contributed by atoms with van der Waals surface area (Å²) in [5, 5.41) is 13.6. The molecule has 2 amide bonds. The molecule has 0 aliphatic rings. The summed E-state index contributed by atoms with van der Waals surface area (Å²) in [4.78, 5) is 38.9. The highest BCUT2D eigenvalue weighted by molar-refractivity contribution is 7.09. The number of hydrogen-bond donors (Lipinski definition) is 2. The van der Waals surface area contributed by atoms with Crippen LogP contribution in [0.3, 0.4) is 0 Å².